The normalized spacial score (nSPS) is 10.4. The number of nitrogens with one attached hydrogen (secondary N) is 1. The van der Waals surface area contributed by atoms with E-state index in [-0.39, 0.29) is 5.91 Å². The van der Waals surface area contributed by atoms with E-state index in [1.54, 1.807) is 24.6 Å². The van der Waals surface area contributed by atoms with Gasteiger partial charge in [0.1, 0.15) is 5.75 Å². The summed E-state index contributed by atoms with van der Waals surface area (Å²) in [6, 6.07) is 15.4. The molecule has 0 aliphatic heterocycles. The molecular weight excluding hydrogens is 320 g/mol. The molecule has 1 aromatic carbocycles. The fourth-order valence-corrected chi connectivity index (χ4v) is 3.16. The van der Waals surface area contributed by atoms with Crippen LogP contribution >= 0.6 is 11.3 Å². The van der Waals surface area contributed by atoms with E-state index in [4.69, 9.17) is 4.74 Å². The molecule has 0 aliphatic carbocycles. The fourth-order valence-electron chi connectivity index (χ4n) is 2.40. The van der Waals surface area contributed by atoms with Crippen LogP contribution in [0.3, 0.4) is 0 Å². The first-order valence-corrected chi connectivity index (χ1v) is 8.51. The summed E-state index contributed by atoms with van der Waals surface area (Å²) in [6.45, 7) is 0.468. The maximum Gasteiger partial charge on any atom is 0.224 e. The van der Waals surface area contributed by atoms with Gasteiger partial charge in [0, 0.05) is 12.7 Å². The number of carbonyl (C=O) groups excluding carboxylic acids is 1. The van der Waals surface area contributed by atoms with Gasteiger partial charge in [-0.2, -0.15) is 0 Å². The lowest BCUT2D eigenvalue weighted by molar-refractivity contribution is -0.120. The van der Waals surface area contributed by atoms with Crippen LogP contribution in [-0.4, -0.2) is 18.0 Å². The van der Waals surface area contributed by atoms with Crippen molar-refractivity contribution in [1.29, 1.82) is 0 Å². The summed E-state index contributed by atoms with van der Waals surface area (Å²) < 4.78 is 5.12. The first-order chi connectivity index (χ1) is 11.8. The number of carbonyl (C=O) groups is 1. The van der Waals surface area contributed by atoms with Crippen molar-refractivity contribution in [3.05, 3.63) is 71.2 Å². The summed E-state index contributed by atoms with van der Waals surface area (Å²) in [7, 11) is 1.63. The highest BCUT2D eigenvalue weighted by Gasteiger charge is 2.09. The van der Waals surface area contributed by atoms with E-state index in [0.717, 1.165) is 27.4 Å². The van der Waals surface area contributed by atoms with Gasteiger partial charge in [0.15, 0.2) is 0 Å². The van der Waals surface area contributed by atoms with Crippen molar-refractivity contribution in [2.24, 2.45) is 0 Å². The first-order valence-electron chi connectivity index (χ1n) is 7.63. The molecule has 4 nitrogen and oxygen atoms in total. The maximum absolute atomic E-state index is 12.2. The Morgan fingerprint density at radius 1 is 1.17 bits per heavy atom. The predicted molar refractivity (Wildman–Crippen MR) is 96.1 cm³/mol. The van der Waals surface area contributed by atoms with Gasteiger partial charge in [-0.1, -0.05) is 24.3 Å². The Hall–Kier alpha value is -2.66. The van der Waals surface area contributed by atoms with Crippen LogP contribution in [0.1, 0.15) is 11.1 Å². The Labute approximate surface area is 145 Å². The van der Waals surface area contributed by atoms with Crippen LogP contribution in [0.25, 0.3) is 10.6 Å². The zero-order valence-electron chi connectivity index (χ0n) is 13.4. The highest BCUT2D eigenvalue weighted by Crippen LogP contribution is 2.25. The number of rotatable bonds is 6. The molecule has 3 aromatic rings. The number of thiophene rings is 1. The molecule has 5 heteroatoms. The molecule has 24 heavy (non-hydrogen) atoms. The Bertz CT molecular complexity index is 798. The fraction of sp³-hybridized carbons (Fsp3) is 0.158. The van der Waals surface area contributed by atoms with Crippen molar-refractivity contribution in [1.82, 2.24) is 10.3 Å². The lowest BCUT2D eigenvalue weighted by Crippen LogP contribution is -2.24. The monoisotopic (exact) mass is 338 g/mol. The van der Waals surface area contributed by atoms with Gasteiger partial charge in [-0.3, -0.25) is 9.78 Å². The highest BCUT2D eigenvalue weighted by molar-refractivity contribution is 7.13. The minimum Gasteiger partial charge on any atom is -0.497 e. The number of aromatic nitrogens is 1. The molecule has 122 valence electrons. The third-order valence-electron chi connectivity index (χ3n) is 3.65. The number of ether oxygens (including phenoxy) is 1. The van der Waals surface area contributed by atoms with Crippen LogP contribution < -0.4 is 10.1 Å². The number of hydrogen-bond donors (Lipinski definition) is 1. The SMILES string of the molecule is COc1ccc(CC(=O)NCc2cccnc2-c2cccs2)cc1. The number of benzene rings is 1. The minimum absolute atomic E-state index is 0.0128. The van der Waals surface area contributed by atoms with Crippen LogP contribution in [0, 0.1) is 0 Å². The number of methoxy groups -OCH3 is 1. The molecule has 0 aliphatic rings. The zero-order chi connectivity index (χ0) is 16.8. The maximum atomic E-state index is 12.2. The molecule has 0 fully saturated rings. The van der Waals surface area contributed by atoms with E-state index < -0.39 is 0 Å². The first kappa shape index (κ1) is 16.2. The average Bonchev–Trinajstić information content (AvgIpc) is 3.15. The second-order valence-electron chi connectivity index (χ2n) is 5.29. The van der Waals surface area contributed by atoms with Gasteiger partial charge >= 0.3 is 0 Å². The van der Waals surface area contributed by atoms with E-state index in [1.165, 1.54) is 0 Å². The average molecular weight is 338 g/mol. The van der Waals surface area contributed by atoms with Crippen LogP contribution in [0.5, 0.6) is 5.75 Å². The van der Waals surface area contributed by atoms with Crippen molar-refractivity contribution in [2.75, 3.05) is 7.11 Å². The highest BCUT2D eigenvalue weighted by atomic mass is 32.1. The zero-order valence-corrected chi connectivity index (χ0v) is 14.2. The van der Waals surface area contributed by atoms with Gasteiger partial charge in [0.2, 0.25) is 5.91 Å². The van der Waals surface area contributed by atoms with Crippen LogP contribution in [0.15, 0.2) is 60.1 Å². The van der Waals surface area contributed by atoms with Gasteiger partial charge in [0.25, 0.3) is 0 Å². The van der Waals surface area contributed by atoms with Crippen molar-refractivity contribution in [3.63, 3.8) is 0 Å². The topological polar surface area (TPSA) is 51.2 Å². The molecule has 0 saturated carbocycles. The lowest BCUT2D eigenvalue weighted by atomic mass is 10.1. The Morgan fingerprint density at radius 3 is 2.71 bits per heavy atom. The molecule has 0 saturated heterocycles. The molecule has 2 aromatic heterocycles. The van der Waals surface area contributed by atoms with E-state index in [9.17, 15) is 4.79 Å². The van der Waals surface area contributed by atoms with Gasteiger partial charge in [-0.25, -0.2) is 0 Å². The molecule has 2 heterocycles. The molecule has 1 N–H and O–H groups in total. The molecule has 0 bridgehead atoms. The summed E-state index contributed by atoms with van der Waals surface area (Å²) in [4.78, 5) is 17.7. The Kier molecular flexibility index (Phi) is 5.23. The van der Waals surface area contributed by atoms with Crippen molar-refractivity contribution in [3.8, 4) is 16.3 Å². The Morgan fingerprint density at radius 2 is 2.00 bits per heavy atom. The quantitative estimate of drug-likeness (QED) is 0.746. The van der Waals surface area contributed by atoms with Crippen LogP contribution in [0.4, 0.5) is 0 Å². The molecule has 0 spiro atoms. The second kappa shape index (κ2) is 7.75. The van der Waals surface area contributed by atoms with Gasteiger partial charge in [0.05, 0.1) is 24.1 Å². The minimum atomic E-state index is -0.0128. The number of nitrogens with zero attached hydrogens (tertiary/aromatic N) is 1. The van der Waals surface area contributed by atoms with E-state index in [1.807, 2.05) is 53.9 Å². The third-order valence-corrected chi connectivity index (χ3v) is 4.52. The number of pyridine rings is 1. The molecule has 1 amide bonds. The van der Waals surface area contributed by atoms with Gasteiger partial charge in [-0.15, -0.1) is 11.3 Å². The summed E-state index contributed by atoms with van der Waals surface area (Å²) in [5.41, 5.74) is 2.90. The number of hydrogen-bond acceptors (Lipinski definition) is 4. The molecule has 0 unspecified atom stereocenters. The van der Waals surface area contributed by atoms with Crippen LogP contribution in [0.2, 0.25) is 0 Å². The van der Waals surface area contributed by atoms with E-state index >= 15 is 0 Å². The molecule has 3 rings (SSSR count). The summed E-state index contributed by atoms with van der Waals surface area (Å²) in [6.07, 6.45) is 2.12. The van der Waals surface area contributed by atoms with Crippen LogP contribution in [-0.2, 0) is 17.8 Å². The molecule has 0 atom stereocenters. The van der Waals surface area contributed by atoms with Gasteiger partial charge in [-0.05, 0) is 40.8 Å². The Balaban J connectivity index is 1.62. The summed E-state index contributed by atoms with van der Waals surface area (Å²) >= 11 is 1.64. The summed E-state index contributed by atoms with van der Waals surface area (Å²) in [5.74, 6) is 0.774. The third kappa shape index (κ3) is 4.00. The van der Waals surface area contributed by atoms with Crippen molar-refractivity contribution < 1.29 is 9.53 Å². The molecule has 0 radical (unpaired) electrons. The van der Waals surface area contributed by atoms with E-state index in [2.05, 4.69) is 10.3 Å². The largest absolute Gasteiger partial charge is 0.497 e. The van der Waals surface area contributed by atoms with Crippen molar-refractivity contribution in [2.45, 2.75) is 13.0 Å². The molecular formula is C19H18N2O2S. The predicted octanol–water partition coefficient (Wildman–Crippen LogP) is 3.68. The van der Waals surface area contributed by atoms with E-state index in [0.29, 0.717) is 13.0 Å². The lowest BCUT2D eigenvalue weighted by Gasteiger charge is -2.09. The summed E-state index contributed by atoms with van der Waals surface area (Å²) in [5, 5.41) is 5.00. The van der Waals surface area contributed by atoms with Crippen molar-refractivity contribution >= 4 is 17.2 Å². The van der Waals surface area contributed by atoms with Gasteiger partial charge < -0.3 is 10.1 Å². The standard InChI is InChI=1S/C19H18N2O2S/c1-23-16-8-6-14(7-9-16)12-18(22)21-13-15-4-2-10-20-19(15)17-5-3-11-24-17/h2-11H,12-13H2,1H3,(H,21,22). The second-order valence-corrected chi connectivity index (χ2v) is 6.24. The smallest absolute Gasteiger partial charge is 0.224 e. The number of amides is 1.